The predicted octanol–water partition coefficient (Wildman–Crippen LogP) is 3.92. The molecule has 55 heavy (non-hydrogen) atoms. The molecular weight excluding hydrogens is 720 g/mol. The van der Waals surface area contributed by atoms with E-state index in [2.05, 4.69) is 55.2 Å². The van der Waals surface area contributed by atoms with Crippen molar-refractivity contribution in [3.05, 3.63) is 88.7 Å². The Kier molecular flexibility index (Phi) is 11.4. The number of hydrogen-bond acceptors (Lipinski definition) is 10. The maximum atomic E-state index is 12.8. The highest BCUT2D eigenvalue weighted by Gasteiger charge is 2.75. The molecule has 3 aromatic heterocycles. The number of benzene rings is 2. The average Bonchev–Trinajstić information content (AvgIpc) is 3.41. The van der Waals surface area contributed by atoms with Crippen LogP contribution >= 0.6 is 11.6 Å². The number of amides is 2. The van der Waals surface area contributed by atoms with Crippen LogP contribution in [0.15, 0.2) is 61.1 Å². The van der Waals surface area contributed by atoms with Gasteiger partial charge in [-0.3, -0.25) is 9.59 Å². The van der Waals surface area contributed by atoms with E-state index in [1.165, 1.54) is 19.5 Å². The number of imidazole rings is 1. The number of fused-ring (bicyclic) bond motifs is 2. The number of aromatic nitrogens is 7. The Morgan fingerprint density at radius 3 is 2.64 bits per heavy atom. The first kappa shape index (κ1) is 37.9. The van der Waals surface area contributed by atoms with Crippen LogP contribution in [0.25, 0.3) is 16.9 Å². The van der Waals surface area contributed by atoms with Crippen LogP contribution in [0.4, 0.5) is 5.82 Å². The van der Waals surface area contributed by atoms with Gasteiger partial charge in [0.05, 0.1) is 41.5 Å². The quantitative estimate of drug-likeness (QED) is 0.0774. The second-order valence-electron chi connectivity index (χ2n) is 14.3. The highest BCUT2D eigenvalue weighted by molar-refractivity contribution is 6.30. The Morgan fingerprint density at radius 2 is 1.85 bits per heavy atom. The summed E-state index contributed by atoms with van der Waals surface area (Å²) >= 11 is 6.22. The molecule has 15 heteroatoms. The second kappa shape index (κ2) is 16.6. The third-order valence-corrected chi connectivity index (χ3v) is 10.8. The van der Waals surface area contributed by atoms with E-state index in [4.69, 9.17) is 21.6 Å². The summed E-state index contributed by atoms with van der Waals surface area (Å²) in [5, 5.41) is 40.3. The van der Waals surface area contributed by atoms with Gasteiger partial charge in [-0.2, -0.15) is 0 Å². The lowest BCUT2D eigenvalue weighted by atomic mass is 9.98. The van der Waals surface area contributed by atoms with Crippen LogP contribution in [-0.4, -0.2) is 82.3 Å². The summed E-state index contributed by atoms with van der Waals surface area (Å²) in [6.45, 7) is 2.67. The molecule has 5 N–H and O–H groups in total. The Bertz CT molecular complexity index is 2230. The number of halogens is 1. The van der Waals surface area contributed by atoms with Gasteiger partial charge in [-0.25, -0.2) is 19.6 Å². The van der Waals surface area contributed by atoms with Gasteiger partial charge in [0, 0.05) is 44.4 Å². The van der Waals surface area contributed by atoms with Gasteiger partial charge in [0.2, 0.25) is 17.6 Å². The van der Waals surface area contributed by atoms with Crippen molar-refractivity contribution in [2.45, 2.75) is 83.1 Å². The van der Waals surface area contributed by atoms with Gasteiger partial charge in [0.15, 0.2) is 17.0 Å². The van der Waals surface area contributed by atoms with Gasteiger partial charge in [0.1, 0.15) is 6.10 Å². The SMILES string of the molecule is CNC(=O)[C@]12CC1[C@@H](n1cnc3c(NCc4cccc(Cl)c4)nc(C#CCCCCc4cn(-c5ccc(CCCCNC(C)=O)cc5)nn4)nc31)[C@H](O)[C@@H]2O. The van der Waals surface area contributed by atoms with Gasteiger partial charge in [-0.05, 0) is 86.3 Å². The molecule has 2 aliphatic carbocycles. The first-order chi connectivity index (χ1) is 26.7. The minimum Gasteiger partial charge on any atom is -0.389 e. The van der Waals surface area contributed by atoms with Crippen LogP contribution in [0.2, 0.25) is 5.02 Å². The third-order valence-electron chi connectivity index (χ3n) is 10.6. The van der Waals surface area contributed by atoms with Crippen LogP contribution < -0.4 is 16.0 Å². The average molecular weight is 765 g/mol. The molecule has 7 rings (SSSR count). The Hall–Kier alpha value is -5.36. The standard InChI is InChI=1S/C40H45ClN10O4/c1-25(52)43-19-8-7-10-26-15-17-30(18-16-26)51-23-29(48-49-51)13-5-3-4-6-14-32-46-37(44-22-27-11-9-12-28(41)20-27)33-38(47-32)50(24-45-33)34-31-21-40(31,39(55)42-2)36(54)35(34)53/h9,11-12,15-18,20,23-24,31,34-36,53-54H,3-5,7-8,10,13,19,21-22H2,1-2H3,(H,42,55)(H,43,52)(H,44,46,47)/t31?,34-,35+,36+,40-/m1/s1. The van der Waals surface area contributed by atoms with Crippen LogP contribution in [0, 0.1) is 23.2 Å². The van der Waals surface area contributed by atoms with Crippen molar-refractivity contribution in [3.8, 4) is 17.5 Å². The van der Waals surface area contributed by atoms with Crippen molar-refractivity contribution in [2.75, 3.05) is 18.9 Å². The number of aliphatic hydroxyl groups is 2. The van der Waals surface area contributed by atoms with E-state index in [-0.39, 0.29) is 17.7 Å². The highest BCUT2D eigenvalue weighted by atomic mass is 35.5. The van der Waals surface area contributed by atoms with Gasteiger partial charge in [-0.15, -0.1) is 5.10 Å². The Morgan fingerprint density at radius 1 is 1.04 bits per heavy atom. The van der Waals surface area contributed by atoms with Crippen LogP contribution in [0.3, 0.4) is 0 Å². The maximum Gasteiger partial charge on any atom is 0.229 e. The molecule has 0 bridgehead atoms. The van der Waals surface area contributed by atoms with E-state index >= 15 is 0 Å². The van der Waals surface area contributed by atoms with Crippen LogP contribution in [0.1, 0.15) is 74.1 Å². The van der Waals surface area contributed by atoms with E-state index in [1.807, 2.05) is 42.6 Å². The number of aryl methyl sites for hydroxylation is 2. The molecule has 2 fully saturated rings. The number of rotatable bonds is 15. The molecule has 0 radical (unpaired) electrons. The number of carbonyl (C=O) groups excluding carboxylic acids is 2. The third kappa shape index (κ3) is 8.19. The topological polar surface area (TPSA) is 185 Å². The Labute approximate surface area is 324 Å². The zero-order valence-corrected chi connectivity index (χ0v) is 31.6. The van der Waals surface area contributed by atoms with Gasteiger partial charge < -0.3 is 30.7 Å². The molecule has 2 aliphatic rings. The lowest BCUT2D eigenvalue weighted by Gasteiger charge is -2.23. The normalized spacial score (nSPS) is 21.1. The molecule has 1 unspecified atom stereocenters. The van der Waals surface area contributed by atoms with Crippen molar-refractivity contribution in [3.63, 3.8) is 0 Å². The molecule has 5 atom stereocenters. The summed E-state index contributed by atoms with van der Waals surface area (Å²) < 4.78 is 3.54. The number of aliphatic hydroxyl groups excluding tert-OH is 2. The maximum absolute atomic E-state index is 12.8. The molecule has 0 saturated heterocycles. The zero-order chi connectivity index (χ0) is 38.5. The van der Waals surface area contributed by atoms with Crippen molar-refractivity contribution >= 4 is 40.4 Å². The smallest absolute Gasteiger partial charge is 0.229 e. The van der Waals surface area contributed by atoms with Crippen molar-refractivity contribution in [1.29, 1.82) is 0 Å². The lowest BCUT2D eigenvalue weighted by molar-refractivity contribution is -0.132. The van der Waals surface area contributed by atoms with E-state index in [9.17, 15) is 19.8 Å². The molecule has 2 amide bonds. The van der Waals surface area contributed by atoms with E-state index in [0.29, 0.717) is 53.8 Å². The number of nitrogens with zero attached hydrogens (tertiary/aromatic N) is 7. The molecule has 286 valence electrons. The molecule has 2 aromatic carbocycles. The fourth-order valence-electron chi connectivity index (χ4n) is 7.67. The van der Waals surface area contributed by atoms with Crippen molar-refractivity contribution in [1.82, 2.24) is 45.1 Å². The zero-order valence-electron chi connectivity index (χ0n) is 30.9. The van der Waals surface area contributed by atoms with Crippen molar-refractivity contribution < 1.29 is 19.8 Å². The largest absolute Gasteiger partial charge is 0.389 e. The summed E-state index contributed by atoms with van der Waals surface area (Å²) in [7, 11) is 1.54. The molecule has 0 spiro atoms. The molecule has 2 saturated carbocycles. The van der Waals surface area contributed by atoms with Crippen LogP contribution in [0.5, 0.6) is 0 Å². The van der Waals surface area contributed by atoms with E-state index in [0.717, 1.165) is 55.5 Å². The first-order valence-corrected chi connectivity index (χ1v) is 19.1. The minimum atomic E-state index is -1.21. The summed E-state index contributed by atoms with van der Waals surface area (Å²) in [6, 6.07) is 15.2. The number of nitrogens with one attached hydrogen (secondary N) is 3. The first-order valence-electron chi connectivity index (χ1n) is 18.7. The fourth-order valence-corrected chi connectivity index (χ4v) is 7.88. The summed E-state index contributed by atoms with van der Waals surface area (Å²) in [6.07, 6.45) is 7.63. The summed E-state index contributed by atoms with van der Waals surface area (Å²) in [5.41, 5.74) is 3.97. The van der Waals surface area contributed by atoms with E-state index < -0.39 is 23.7 Å². The minimum absolute atomic E-state index is 0.00551. The van der Waals surface area contributed by atoms with Gasteiger partial charge in [-0.1, -0.05) is 47.0 Å². The number of carbonyl (C=O) groups is 2. The van der Waals surface area contributed by atoms with Crippen molar-refractivity contribution in [2.24, 2.45) is 11.3 Å². The molecular formula is C40H45ClN10O4. The monoisotopic (exact) mass is 764 g/mol. The Balaban J connectivity index is 0.990. The lowest BCUT2D eigenvalue weighted by Crippen LogP contribution is -2.41. The molecule has 14 nitrogen and oxygen atoms in total. The van der Waals surface area contributed by atoms with Gasteiger partial charge in [0.25, 0.3) is 0 Å². The van der Waals surface area contributed by atoms with Crippen LogP contribution in [-0.2, 0) is 29.0 Å². The number of hydrogen-bond donors (Lipinski definition) is 5. The summed E-state index contributed by atoms with van der Waals surface area (Å²) in [5.74, 6) is 6.57. The van der Waals surface area contributed by atoms with Gasteiger partial charge >= 0.3 is 0 Å². The summed E-state index contributed by atoms with van der Waals surface area (Å²) in [4.78, 5) is 37.9. The predicted molar refractivity (Wildman–Crippen MR) is 207 cm³/mol. The number of unbranched alkanes of at least 4 members (excludes halogenated alkanes) is 3. The molecule has 0 aliphatic heterocycles. The second-order valence-corrected chi connectivity index (χ2v) is 14.8. The fraction of sp³-hybridized carbons (Fsp3) is 0.425. The van der Waals surface area contributed by atoms with E-state index in [1.54, 1.807) is 15.6 Å². The highest BCUT2D eigenvalue weighted by Crippen LogP contribution is 2.67. The number of anilines is 1. The molecule has 3 heterocycles. The molecule has 5 aromatic rings.